The molecule has 2 aliphatic heterocycles. The first-order valence-electron chi connectivity index (χ1n) is 7.88. The molecule has 0 saturated carbocycles. The number of rotatable bonds is 2. The van der Waals surface area contributed by atoms with Crippen molar-refractivity contribution in [2.75, 3.05) is 31.1 Å². The van der Waals surface area contributed by atoms with Crippen molar-refractivity contribution in [2.45, 2.75) is 38.5 Å². The molecule has 2 heterocycles. The Bertz CT molecular complexity index is 401. The molecule has 3 rings (SSSR count). The van der Waals surface area contributed by atoms with E-state index in [4.69, 9.17) is 0 Å². The highest BCUT2D eigenvalue weighted by Gasteiger charge is 2.18. The molecule has 0 aromatic heterocycles. The fraction of sp³-hybridized carbons (Fsp3) is 0.647. The maximum Gasteiger partial charge on any atom is 0.0369 e. The van der Waals surface area contributed by atoms with Gasteiger partial charge in [0.05, 0.1) is 0 Å². The lowest BCUT2D eigenvalue weighted by Gasteiger charge is -2.33. The van der Waals surface area contributed by atoms with Crippen molar-refractivity contribution >= 4 is 5.69 Å². The highest BCUT2D eigenvalue weighted by Crippen LogP contribution is 2.29. The molecule has 0 atom stereocenters. The maximum absolute atomic E-state index is 3.46. The van der Waals surface area contributed by atoms with Crippen molar-refractivity contribution in [1.29, 1.82) is 0 Å². The molecule has 2 saturated heterocycles. The first-order chi connectivity index (χ1) is 9.33. The molecule has 0 spiro atoms. The van der Waals surface area contributed by atoms with Gasteiger partial charge < -0.3 is 10.2 Å². The number of anilines is 1. The molecule has 2 nitrogen and oxygen atoms in total. The number of benzene rings is 1. The van der Waals surface area contributed by atoms with E-state index in [1.165, 1.54) is 57.5 Å². The Labute approximate surface area is 117 Å². The van der Waals surface area contributed by atoms with Crippen molar-refractivity contribution in [3.8, 4) is 0 Å². The summed E-state index contributed by atoms with van der Waals surface area (Å²) in [6.07, 6.45) is 5.27. The summed E-state index contributed by atoms with van der Waals surface area (Å²) in [4.78, 5) is 2.57. The van der Waals surface area contributed by atoms with Crippen molar-refractivity contribution in [3.63, 3.8) is 0 Å². The van der Waals surface area contributed by atoms with E-state index in [1.54, 1.807) is 5.56 Å². The molecule has 2 heteroatoms. The Morgan fingerprint density at radius 2 is 1.79 bits per heavy atom. The van der Waals surface area contributed by atoms with Crippen LogP contribution in [-0.2, 0) is 0 Å². The molecule has 0 unspecified atom stereocenters. The molecule has 1 aromatic carbocycles. The van der Waals surface area contributed by atoms with E-state index in [0.29, 0.717) is 0 Å². The third-order valence-corrected chi connectivity index (χ3v) is 4.83. The van der Waals surface area contributed by atoms with Crippen LogP contribution in [-0.4, -0.2) is 26.2 Å². The molecule has 1 N–H and O–H groups in total. The van der Waals surface area contributed by atoms with Crippen molar-refractivity contribution in [3.05, 3.63) is 29.8 Å². The Morgan fingerprint density at radius 3 is 2.53 bits per heavy atom. The van der Waals surface area contributed by atoms with Gasteiger partial charge in [0.2, 0.25) is 0 Å². The smallest absolute Gasteiger partial charge is 0.0369 e. The zero-order valence-corrected chi connectivity index (χ0v) is 12.1. The van der Waals surface area contributed by atoms with Gasteiger partial charge in [-0.2, -0.15) is 0 Å². The Morgan fingerprint density at radius 1 is 1.05 bits per heavy atom. The summed E-state index contributed by atoms with van der Waals surface area (Å²) in [5.74, 6) is 1.67. The second kappa shape index (κ2) is 5.96. The minimum absolute atomic E-state index is 0.768. The predicted molar refractivity (Wildman–Crippen MR) is 81.9 cm³/mol. The van der Waals surface area contributed by atoms with Gasteiger partial charge in [0.1, 0.15) is 0 Å². The van der Waals surface area contributed by atoms with Gasteiger partial charge in [-0.05, 0) is 68.3 Å². The average Bonchev–Trinajstić information content (AvgIpc) is 2.49. The molecule has 104 valence electrons. The SMILES string of the molecule is CC1CCN(c2cccc(C3CCNCC3)c2)CC1. The van der Waals surface area contributed by atoms with Crippen LogP contribution in [0.3, 0.4) is 0 Å². The Hall–Kier alpha value is -1.02. The Balaban J connectivity index is 1.72. The molecule has 19 heavy (non-hydrogen) atoms. The van der Waals surface area contributed by atoms with Crippen LogP contribution in [0.15, 0.2) is 24.3 Å². The summed E-state index contributed by atoms with van der Waals surface area (Å²) >= 11 is 0. The third kappa shape index (κ3) is 3.11. The lowest BCUT2D eigenvalue weighted by molar-refractivity contribution is 0.437. The van der Waals surface area contributed by atoms with Crippen LogP contribution in [0.25, 0.3) is 0 Å². The number of hydrogen-bond donors (Lipinski definition) is 1. The zero-order valence-electron chi connectivity index (χ0n) is 12.1. The first kappa shape index (κ1) is 13.0. The monoisotopic (exact) mass is 258 g/mol. The van der Waals surface area contributed by atoms with Crippen LogP contribution in [0.4, 0.5) is 5.69 Å². The second-order valence-corrected chi connectivity index (χ2v) is 6.29. The molecule has 1 aromatic rings. The van der Waals surface area contributed by atoms with Crippen molar-refractivity contribution in [1.82, 2.24) is 5.32 Å². The number of nitrogens with one attached hydrogen (secondary N) is 1. The van der Waals surface area contributed by atoms with E-state index in [2.05, 4.69) is 41.4 Å². The maximum atomic E-state index is 3.46. The molecule has 0 aliphatic carbocycles. The molecular weight excluding hydrogens is 232 g/mol. The van der Waals surface area contributed by atoms with Crippen LogP contribution < -0.4 is 10.2 Å². The topological polar surface area (TPSA) is 15.3 Å². The van der Waals surface area contributed by atoms with Gasteiger partial charge in [-0.1, -0.05) is 19.1 Å². The molecule has 0 radical (unpaired) electrons. The van der Waals surface area contributed by atoms with Gasteiger partial charge >= 0.3 is 0 Å². The summed E-state index contributed by atoms with van der Waals surface area (Å²) in [6, 6.07) is 9.32. The average molecular weight is 258 g/mol. The van der Waals surface area contributed by atoms with E-state index in [1.807, 2.05) is 0 Å². The van der Waals surface area contributed by atoms with Gasteiger partial charge in [0, 0.05) is 18.8 Å². The van der Waals surface area contributed by atoms with Crippen molar-refractivity contribution in [2.24, 2.45) is 5.92 Å². The van der Waals surface area contributed by atoms with Gasteiger partial charge in [-0.15, -0.1) is 0 Å². The highest BCUT2D eigenvalue weighted by atomic mass is 15.1. The standard InChI is InChI=1S/C17H26N2/c1-14-7-11-19(12-8-14)17-4-2-3-16(13-17)15-5-9-18-10-6-15/h2-4,13-15,18H,5-12H2,1H3. The fourth-order valence-electron chi connectivity index (χ4n) is 3.40. The molecule has 0 amide bonds. The second-order valence-electron chi connectivity index (χ2n) is 6.29. The molecule has 2 fully saturated rings. The van der Waals surface area contributed by atoms with Crippen molar-refractivity contribution < 1.29 is 0 Å². The summed E-state index contributed by atoms with van der Waals surface area (Å²) < 4.78 is 0. The van der Waals surface area contributed by atoms with Gasteiger partial charge in [-0.25, -0.2) is 0 Å². The van der Waals surface area contributed by atoms with E-state index in [0.717, 1.165) is 11.8 Å². The van der Waals surface area contributed by atoms with E-state index < -0.39 is 0 Å². The first-order valence-corrected chi connectivity index (χ1v) is 7.88. The van der Waals surface area contributed by atoms with E-state index in [-0.39, 0.29) is 0 Å². The lowest BCUT2D eigenvalue weighted by Crippen LogP contribution is -2.33. The van der Waals surface area contributed by atoms with Crippen LogP contribution >= 0.6 is 0 Å². The van der Waals surface area contributed by atoms with Crippen LogP contribution in [0, 0.1) is 5.92 Å². The molecule has 0 bridgehead atoms. The van der Waals surface area contributed by atoms with Crippen LogP contribution in [0.1, 0.15) is 44.1 Å². The normalized spacial score (nSPS) is 22.7. The molecule has 2 aliphatic rings. The minimum atomic E-state index is 0.768. The van der Waals surface area contributed by atoms with Crippen LogP contribution in [0.5, 0.6) is 0 Å². The number of piperidine rings is 2. The van der Waals surface area contributed by atoms with Crippen LogP contribution in [0.2, 0.25) is 0 Å². The zero-order chi connectivity index (χ0) is 13.1. The van der Waals surface area contributed by atoms with Gasteiger partial charge in [0.25, 0.3) is 0 Å². The summed E-state index contributed by atoms with van der Waals surface area (Å²) in [7, 11) is 0. The molecular formula is C17H26N2. The van der Waals surface area contributed by atoms with Gasteiger partial charge in [-0.3, -0.25) is 0 Å². The largest absolute Gasteiger partial charge is 0.372 e. The summed E-state index contributed by atoms with van der Waals surface area (Å²) in [6.45, 7) is 7.20. The third-order valence-electron chi connectivity index (χ3n) is 4.83. The minimum Gasteiger partial charge on any atom is -0.372 e. The van der Waals surface area contributed by atoms with Gasteiger partial charge in [0.15, 0.2) is 0 Å². The number of hydrogen-bond acceptors (Lipinski definition) is 2. The summed E-state index contributed by atoms with van der Waals surface area (Å²) in [5.41, 5.74) is 3.00. The quantitative estimate of drug-likeness (QED) is 0.874. The Kier molecular flexibility index (Phi) is 4.07. The highest BCUT2D eigenvalue weighted by molar-refractivity contribution is 5.49. The van der Waals surface area contributed by atoms with E-state index in [9.17, 15) is 0 Å². The number of nitrogens with zero attached hydrogens (tertiary/aromatic N) is 1. The van der Waals surface area contributed by atoms with E-state index >= 15 is 0 Å². The lowest BCUT2D eigenvalue weighted by atomic mass is 9.89. The summed E-state index contributed by atoms with van der Waals surface area (Å²) in [5, 5.41) is 3.46. The fourth-order valence-corrected chi connectivity index (χ4v) is 3.40. The predicted octanol–water partition coefficient (Wildman–Crippen LogP) is 3.39.